The van der Waals surface area contributed by atoms with Crippen LogP contribution >= 0.6 is 0 Å². The Morgan fingerprint density at radius 3 is 2.17 bits per heavy atom. The Bertz CT molecular complexity index is 1610. The average Bonchev–Trinajstić information content (AvgIpc) is 2.90. The lowest BCUT2D eigenvalue weighted by Crippen LogP contribution is -2.15. The van der Waals surface area contributed by atoms with Crippen molar-refractivity contribution in [3.8, 4) is 11.1 Å². The van der Waals surface area contributed by atoms with Crippen molar-refractivity contribution in [2.45, 2.75) is 6.42 Å². The van der Waals surface area contributed by atoms with Crippen molar-refractivity contribution in [1.82, 2.24) is 0 Å². The molecular weight excluding hydrogens is 452 g/mol. The first-order valence-electron chi connectivity index (χ1n) is 11.4. The van der Waals surface area contributed by atoms with Gasteiger partial charge in [0.2, 0.25) is 5.91 Å². The number of fused-ring (bicyclic) bond motifs is 1. The molecule has 176 valence electrons. The average molecular weight is 475 g/mol. The number of carbonyl (C=O) groups excluding carboxylic acids is 2. The molecule has 5 rings (SSSR count). The smallest absolute Gasteiger partial charge is 0.344 e. The maximum Gasteiger partial charge on any atom is 0.344 e. The highest BCUT2D eigenvalue weighted by molar-refractivity contribution is 6.05. The van der Waals surface area contributed by atoms with Crippen LogP contribution in [0.3, 0.4) is 0 Å². The predicted octanol–water partition coefficient (Wildman–Crippen LogP) is 5.89. The Hall–Kier alpha value is -4.97. The van der Waals surface area contributed by atoms with Crippen LogP contribution in [0, 0.1) is 0 Å². The van der Waals surface area contributed by atoms with E-state index in [2.05, 4.69) is 10.6 Å². The fourth-order valence-electron chi connectivity index (χ4n) is 3.92. The van der Waals surface area contributed by atoms with Crippen LogP contribution in [0.1, 0.15) is 15.9 Å². The van der Waals surface area contributed by atoms with E-state index in [4.69, 9.17) is 4.42 Å². The Kier molecular flexibility index (Phi) is 6.40. The zero-order valence-electron chi connectivity index (χ0n) is 19.2. The lowest BCUT2D eigenvalue weighted by atomic mass is 10.0. The molecule has 0 atom stereocenters. The summed E-state index contributed by atoms with van der Waals surface area (Å²) in [7, 11) is 0. The van der Waals surface area contributed by atoms with Gasteiger partial charge in [-0.05, 0) is 59.7 Å². The van der Waals surface area contributed by atoms with Crippen LogP contribution in [0.15, 0.2) is 118 Å². The minimum atomic E-state index is -0.462. The number of hydrogen-bond donors (Lipinski definition) is 2. The zero-order chi connectivity index (χ0) is 24.9. The summed E-state index contributed by atoms with van der Waals surface area (Å²) in [6.45, 7) is 0. The summed E-state index contributed by atoms with van der Waals surface area (Å²) < 4.78 is 5.43. The van der Waals surface area contributed by atoms with Gasteiger partial charge in [0, 0.05) is 22.3 Å². The van der Waals surface area contributed by atoms with Crippen LogP contribution in [0.5, 0.6) is 0 Å². The summed E-state index contributed by atoms with van der Waals surface area (Å²) in [5, 5.41) is 6.51. The monoisotopic (exact) mass is 474 g/mol. The first-order chi connectivity index (χ1) is 17.5. The maximum atomic E-state index is 12.9. The second-order valence-corrected chi connectivity index (χ2v) is 8.31. The lowest BCUT2D eigenvalue weighted by molar-refractivity contribution is -0.115. The fourth-order valence-corrected chi connectivity index (χ4v) is 3.92. The number of hydrogen-bond acceptors (Lipinski definition) is 4. The van der Waals surface area contributed by atoms with Gasteiger partial charge in [-0.25, -0.2) is 4.79 Å². The molecule has 6 heteroatoms. The molecule has 6 nitrogen and oxygen atoms in total. The van der Waals surface area contributed by atoms with E-state index in [0.29, 0.717) is 33.6 Å². The SMILES string of the molecule is O=C(Cc1ccccc1)Nc1ccc(NC(=O)c2cccc(-c3cc4ccccc4oc3=O)c2)cc1. The summed E-state index contributed by atoms with van der Waals surface area (Å²) in [5.74, 6) is -0.434. The van der Waals surface area contributed by atoms with Gasteiger partial charge in [0.05, 0.1) is 12.0 Å². The molecule has 0 saturated carbocycles. The normalized spacial score (nSPS) is 10.7. The van der Waals surface area contributed by atoms with Gasteiger partial charge in [-0.15, -0.1) is 0 Å². The standard InChI is InChI=1S/C30H22N2O4/c33-28(17-20-7-2-1-3-8-20)31-24-13-15-25(16-14-24)32-29(34)23-11-6-10-21(18-23)26-19-22-9-4-5-12-27(22)36-30(26)35/h1-16,18-19H,17H2,(H,31,33)(H,32,34). The van der Waals surface area contributed by atoms with Crippen molar-refractivity contribution in [1.29, 1.82) is 0 Å². The second-order valence-electron chi connectivity index (χ2n) is 8.31. The van der Waals surface area contributed by atoms with E-state index in [1.165, 1.54) is 0 Å². The third-order valence-electron chi connectivity index (χ3n) is 5.71. The third-order valence-corrected chi connectivity index (χ3v) is 5.71. The molecule has 4 aromatic carbocycles. The molecule has 0 bridgehead atoms. The van der Waals surface area contributed by atoms with Gasteiger partial charge >= 0.3 is 5.63 Å². The third kappa shape index (κ3) is 5.23. The number of rotatable bonds is 6. The summed E-state index contributed by atoms with van der Waals surface area (Å²) in [4.78, 5) is 37.7. The summed E-state index contributed by atoms with van der Waals surface area (Å²) in [6, 6.07) is 32.3. The maximum absolute atomic E-state index is 12.9. The van der Waals surface area contributed by atoms with Crippen molar-refractivity contribution < 1.29 is 14.0 Å². The molecule has 0 aliphatic rings. The van der Waals surface area contributed by atoms with E-state index >= 15 is 0 Å². The number of anilines is 2. The minimum Gasteiger partial charge on any atom is -0.422 e. The van der Waals surface area contributed by atoms with Gasteiger partial charge in [0.1, 0.15) is 5.58 Å². The van der Waals surface area contributed by atoms with Crippen LogP contribution in [0.25, 0.3) is 22.1 Å². The number of benzene rings is 4. The molecule has 0 saturated heterocycles. The van der Waals surface area contributed by atoms with Crippen LogP contribution < -0.4 is 16.3 Å². The summed E-state index contributed by atoms with van der Waals surface area (Å²) in [5.41, 5.74) is 3.59. The number of amides is 2. The van der Waals surface area contributed by atoms with Crippen LogP contribution in [0.2, 0.25) is 0 Å². The van der Waals surface area contributed by atoms with Crippen LogP contribution in [0.4, 0.5) is 11.4 Å². The molecule has 5 aromatic rings. The van der Waals surface area contributed by atoms with Crippen molar-refractivity contribution >= 4 is 34.2 Å². The van der Waals surface area contributed by atoms with E-state index in [9.17, 15) is 14.4 Å². The number of nitrogens with one attached hydrogen (secondary N) is 2. The topological polar surface area (TPSA) is 88.4 Å². The largest absolute Gasteiger partial charge is 0.422 e. The van der Waals surface area contributed by atoms with E-state index in [1.807, 2.05) is 42.5 Å². The molecule has 0 aliphatic carbocycles. The van der Waals surface area contributed by atoms with Gasteiger partial charge < -0.3 is 15.1 Å². The number of carbonyl (C=O) groups is 2. The highest BCUT2D eigenvalue weighted by atomic mass is 16.4. The molecule has 2 N–H and O–H groups in total. The quantitative estimate of drug-likeness (QED) is 0.300. The van der Waals surface area contributed by atoms with Crippen LogP contribution in [-0.4, -0.2) is 11.8 Å². The molecule has 0 aliphatic heterocycles. The Morgan fingerprint density at radius 2 is 1.39 bits per heavy atom. The molecule has 1 aromatic heterocycles. The molecule has 36 heavy (non-hydrogen) atoms. The van der Waals surface area contributed by atoms with E-state index in [1.54, 1.807) is 66.7 Å². The zero-order valence-corrected chi connectivity index (χ0v) is 19.2. The van der Waals surface area contributed by atoms with E-state index in [-0.39, 0.29) is 18.2 Å². The molecular formula is C30H22N2O4. The number of para-hydroxylation sites is 1. The van der Waals surface area contributed by atoms with Crippen molar-refractivity contribution in [2.75, 3.05) is 10.6 Å². The predicted molar refractivity (Wildman–Crippen MR) is 141 cm³/mol. The van der Waals surface area contributed by atoms with Crippen molar-refractivity contribution in [3.63, 3.8) is 0 Å². The molecule has 0 fully saturated rings. The summed E-state index contributed by atoms with van der Waals surface area (Å²) >= 11 is 0. The van der Waals surface area contributed by atoms with E-state index in [0.717, 1.165) is 10.9 Å². The molecule has 2 amide bonds. The summed E-state index contributed by atoms with van der Waals surface area (Å²) in [6.07, 6.45) is 0.283. The first kappa shape index (κ1) is 22.8. The van der Waals surface area contributed by atoms with Gasteiger partial charge in [-0.2, -0.15) is 0 Å². The Morgan fingerprint density at radius 1 is 0.694 bits per heavy atom. The fraction of sp³-hybridized carbons (Fsp3) is 0.0333. The molecule has 0 spiro atoms. The van der Waals surface area contributed by atoms with Gasteiger partial charge in [0.25, 0.3) is 5.91 Å². The molecule has 1 heterocycles. The van der Waals surface area contributed by atoms with Gasteiger partial charge in [-0.1, -0.05) is 60.7 Å². The van der Waals surface area contributed by atoms with Crippen LogP contribution in [-0.2, 0) is 11.2 Å². The Balaban J connectivity index is 1.27. The van der Waals surface area contributed by atoms with Crippen molar-refractivity contribution in [3.05, 3.63) is 131 Å². The highest BCUT2D eigenvalue weighted by Crippen LogP contribution is 2.23. The molecule has 0 radical (unpaired) electrons. The Labute approximate surface area is 207 Å². The van der Waals surface area contributed by atoms with Gasteiger partial charge in [-0.3, -0.25) is 9.59 Å². The van der Waals surface area contributed by atoms with Crippen molar-refractivity contribution in [2.24, 2.45) is 0 Å². The van der Waals surface area contributed by atoms with E-state index < -0.39 is 5.63 Å². The molecule has 0 unspecified atom stereocenters. The minimum absolute atomic E-state index is 0.118. The highest BCUT2D eigenvalue weighted by Gasteiger charge is 2.12. The first-order valence-corrected chi connectivity index (χ1v) is 11.4. The lowest BCUT2D eigenvalue weighted by Gasteiger charge is -2.09. The second kappa shape index (κ2) is 10.1. The van der Waals surface area contributed by atoms with Gasteiger partial charge in [0.15, 0.2) is 0 Å².